The molecule has 3 heteroatoms. The molecular weight excluding hydrogens is 240 g/mol. The lowest BCUT2D eigenvalue weighted by atomic mass is 9.63. The van der Waals surface area contributed by atoms with Gasteiger partial charge in [0.25, 0.3) is 0 Å². The van der Waals surface area contributed by atoms with Crippen LogP contribution in [0.15, 0.2) is 6.20 Å². The predicted molar refractivity (Wildman–Crippen MR) is 78.9 cm³/mol. The van der Waals surface area contributed by atoms with Gasteiger partial charge in [0.1, 0.15) is 0 Å². The first-order chi connectivity index (χ1) is 8.26. The molecule has 18 heavy (non-hydrogen) atoms. The molecule has 1 aliphatic rings. The second-order valence-corrected chi connectivity index (χ2v) is 8.66. The Morgan fingerprint density at radius 3 is 2.39 bits per heavy atom. The summed E-state index contributed by atoms with van der Waals surface area (Å²) in [6, 6.07) is 0.645. The van der Waals surface area contributed by atoms with E-state index in [1.807, 2.05) is 6.20 Å². The van der Waals surface area contributed by atoms with Gasteiger partial charge in [-0.05, 0) is 37.0 Å². The molecule has 0 spiro atoms. The van der Waals surface area contributed by atoms with Crippen LogP contribution in [0.5, 0.6) is 0 Å². The summed E-state index contributed by atoms with van der Waals surface area (Å²) in [4.78, 5) is 5.67. The lowest BCUT2D eigenvalue weighted by molar-refractivity contribution is 0.0846. The van der Waals surface area contributed by atoms with Crippen LogP contribution in [0.2, 0.25) is 0 Å². The molecule has 2 nitrogen and oxygen atoms in total. The van der Waals surface area contributed by atoms with Gasteiger partial charge in [0.15, 0.2) is 0 Å². The first-order valence-electron chi connectivity index (χ1n) is 6.91. The number of nitrogens with one attached hydrogen (secondary N) is 1. The molecule has 1 aromatic rings. The van der Waals surface area contributed by atoms with Gasteiger partial charge in [-0.3, -0.25) is 0 Å². The van der Waals surface area contributed by atoms with E-state index in [2.05, 4.69) is 44.9 Å². The highest BCUT2D eigenvalue weighted by atomic mass is 32.1. The normalized spacial score (nSPS) is 23.2. The lowest BCUT2D eigenvalue weighted by Crippen LogP contribution is -2.43. The Morgan fingerprint density at radius 1 is 1.28 bits per heavy atom. The highest BCUT2D eigenvalue weighted by Crippen LogP contribution is 2.45. The van der Waals surface area contributed by atoms with Gasteiger partial charge in [-0.15, -0.1) is 11.3 Å². The fourth-order valence-electron chi connectivity index (χ4n) is 3.72. The Kier molecular flexibility index (Phi) is 3.84. The number of aryl methyl sites for hydroxylation is 1. The Bertz CT molecular complexity index is 390. The zero-order valence-corrected chi connectivity index (χ0v) is 13.2. The van der Waals surface area contributed by atoms with E-state index in [4.69, 9.17) is 0 Å². The van der Waals surface area contributed by atoms with Crippen molar-refractivity contribution in [3.63, 3.8) is 0 Å². The number of thiazole rings is 1. The van der Waals surface area contributed by atoms with Gasteiger partial charge in [0.05, 0.1) is 5.01 Å². The average molecular weight is 266 g/mol. The highest BCUT2D eigenvalue weighted by molar-refractivity contribution is 7.11. The Hall–Kier alpha value is -0.410. The van der Waals surface area contributed by atoms with Crippen molar-refractivity contribution in [2.75, 3.05) is 0 Å². The molecule has 0 saturated heterocycles. The minimum Gasteiger partial charge on any atom is -0.309 e. The standard InChI is InChI=1S/C15H26N2S/c1-11-16-8-13(18-11)9-17-12-6-14(2,3)10-15(4,5)7-12/h8,12,17H,6-7,9-10H2,1-5H3. The first-order valence-corrected chi connectivity index (χ1v) is 7.72. The molecule has 0 unspecified atom stereocenters. The fraction of sp³-hybridized carbons (Fsp3) is 0.800. The predicted octanol–water partition coefficient (Wildman–Crippen LogP) is 4.15. The van der Waals surface area contributed by atoms with Crippen molar-refractivity contribution in [3.8, 4) is 0 Å². The minimum atomic E-state index is 0.461. The maximum Gasteiger partial charge on any atom is 0.0897 e. The molecule has 0 aromatic carbocycles. The van der Waals surface area contributed by atoms with Gasteiger partial charge < -0.3 is 5.32 Å². The largest absolute Gasteiger partial charge is 0.309 e. The van der Waals surface area contributed by atoms with Crippen LogP contribution in [0.1, 0.15) is 56.8 Å². The Labute approximate surface area is 115 Å². The molecule has 1 aromatic heterocycles. The second kappa shape index (κ2) is 4.93. The van der Waals surface area contributed by atoms with Crippen LogP contribution < -0.4 is 5.32 Å². The van der Waals surface area contributed by atoms with E-state index < -0.39 is 0 Å². The molecular formula is C15H26N2S. The van der Waals surface area contributed by atoms with Crippen LogP contribution in [-0.4, -0.2) is 11.0 Å². The van der Waals surface area contributed by atoms with Crippen molar-refractivity contribution < 1.29 is 0 Å². The van der Waals surface area contributed by atoms with Crippen LogP contribution in [-0.2, 0) is 6.54 Å². The third-order valence-electron chi connectivity index (χ3n) is 3.79. The van der Waals surface area contributed by atoms with Crippen molar-refractivity contribution in [1.29, 1.82) is 0 Å². The molecule has 0 radical (unpaired) electrons. The van der Waals surface area contributed by atoms with Crippen molar-refractivity contribution >= 4 is 11.3 Å². The van der Waals surface area contributed by atoms with Crippen molar-refractivity contribution in [2.24, 2.45) is 10.8 Å². The summed E-state index contributed by atoms with van der Waals surface area (Å²) in [5.74, 6) is 0. The van der Waals surface area contributed by atoms with Gasteiger partial charge in [0, 0.05) is 23.7 Å². The van der Waals surface area contributed by atoms with E-state index in [1.54, 1.807) is 11.3 Å². The SMILES string of the molecule is Cc1ncc(CNC2CC(C)(C)CC(C)(C)C2)s1. The zero-order valence-electron chi connectivity index (χ0n) is 12.3. The molecule has 0 bridgehead atoms. The summed E-state index contributed by atoms with van der Waals surface area (Å²) >= 11 is 1.80. The molecule has 0 aliphatic heterocycles. The highest BCUT2D eigenvalue weighted by Gasteiger charge is 2.38. The summed E-state index contributed by atoms with van der Waals surface area (Å²) in [5, 5.41) is 4.90. The van der Waals surface area contributed by atoms with Crippen LogP contribution in [0, 0.1) is 17.8 Å². The number of hydrogen-bond donors (Lipinski definition) is 1. The van der Waals surface area contributed by atoms with E-state index in [9.17, 15) is 0 Å². The van der Waals surface area contributed by atoms with Crippen LogP contribution in [0.3, 0.4) is 0 Å². The smallest absolute Gasteiger partial charge is 0.0897 e. The quantitative estimate of drug-likeness (QED) is 0.889. The maximum atomic E-state index is 4.32. The third kappa shape index (κ3) is 3.79. The van der Waals surface area contributed by atoms with Gasteiger partial charge in [0.2, 0.25) is 0 Å². The molecule has 2 rings (SSSR count). The summed E-state index contributed by atoms with van der Waals surface area (Å²) in [6.45, 7) is 12.7. The topological polar surface area (TPSA) is 24.9 Å². The zero-order chi connectivity index (χ0) is 13.4. The number of hydrogen-bond acceptors (Lipinski definition) is 3. The number of nitrogens with zero attached hydrogens (tertiary/aromatic N) is 1. The number of aromatic nitrogens is 1. The third-order valence-corrected chi connectivity index (χ3v) is 4.70. The van der Waals surface area contributed by atoms with E-state index in [0.717, 1.165) is 11.6 Å². The Morgan fingerprint density at radius 2 is 1.89 bits per heavy atom. The number of rotatable bonds is 3. The van der Waals surface area contributed by atoms with Gasteiger partial charge >= 0.3 is 0 Å². The molecule has 1 fully saturated rings. The first kappa shape index (κ1) is 14.0. The molecule has 1 saturated carbocycles. The van der Waals surface area contributed by atoms with E-state index >= 15 is 0 Å². The summed E-state index contributed by atoms with van der Waals surface area (Å²) in [7, 11) is 0. The van der Waals surface area contributed by atoms with Gasteiger partial charge in [-0.1, -0.05) is 27.7 Å². The molecule has 0 amide bonds. The van der Waals surface area contributed by atoms with E-state index in [0.29, 0.717) is 16.9 Å². The molecule has 1 heterocycles. The van der Waals surface area contributed by atoms with Crippen molar-refractivity contribution in [2.45, 2.75) is 66.5 Å². The monoisotopic (exact) mass is 266 g/mol. The average Bonchev–Trinajstić information content (AvgIpc) is 2.56. The lowest BCUT2D eigenvalue weighted by Gasteiger charge is -2.45. The Balaban J connectivity index is 1.93. The maximum absolute atomic E-state index is 4.32. The molecule has 0 atom stereocenters. The summed E-state index contributed by atoms with van der Waals surface area (Å²) in [5.41, 5.74) is 0.923. The van der Waals surface area contributed by atoms with Gasteiger partial charge in [-0.2, -0.15) is 0 Å². The second-order valence-electron chi connectivity index (χ2n) is 7.34. The van der Waals surface area contributed by atoms with Crippen LogP contribution in [0.4, 0.5) is 0 Å². The molecule has 1 aliphatic carbocycles. The van der Waals surface area contributed by atoms with Crippen molar-refractivity contribution in [3.05, 3.63) is 16.1 Å². The van der Waals surface area contributed by atoms with Crippen molar-refractivity contribution in [1.82, 2.24) is 10.3 Å². The summed E-state index contributed by atoms with van der Waals surface area (Å²) in [6.07, 6.45) is 5.91. The van der Waals surface area contributed by atoms with E-state index in [-0.39, 0.29) is 0 Å². The minimum absolute atomic E-state index is 0.461. The molecule has 102 valence electrons. The molecule has 1 N–H and O–H groups in total. The fourth-order valence-corrected chi connectivity index (χ4v) is 4.47. The van der Waals surface area contributed by atoms with Crippen LogP contribution >= 0.6 is 11.3 Å². The van der Waals surface area contributed by atoms with E-state index in [1.165, 1.54) is 24.1 Å². The van der Waals surface area contributed by atoms with Gasteiger partial charge in [-0.25, -0.2) is 4.98 Å². The van der Waals surface area contributed by atoms with Crippen LogP contribution in [0.25, 0.3) is 0 Å². The summed E-state index contributed by atoms with van der Waals surface area (Å²) < 4.78 is 0.